The molecule has 0 bridgehead atoms. The fraction of sp³-hybridized carbons (Fsp3) is 0.857. The van der Waals surface area contributed by atoms with Gasteiger partial charge in [0.15, 0.2) is 0 Å². The molecule has 2 nitrogen and oxygen atoms in total. The lowest BCUT2D eigenvalue weighted by molar-refractivity contribution is -0.145. The van der Waals surface area contributed by atoms with Crippen molar-refractivity contribution in [3.05, 3.63) is 0 Å². The molecule has 11 heavy (non-hydrogen) atoms. The number of rotatable bonds is 5. The Kier molecular flexibility index (Phi) is 6.31. The number of alkyl halides is 1. The van der Waals surface area contributed by atoms with Crippen LogP contribution in [0, 0.1) is 0 Å². The maximum Gasteiger partial charge on any atom is 0.351 e. The van der Waals surface area contributed by atoms with E-state index >= 15 is 0 Å². The van der Waals surface area contributed by atoms with Crippen molar-refractivity contribution in [2.75, 3.05) is 12.4 Å². The van der Waals surface area contributed by atoms with Crippen LogP contribution in [0.2, 0.25) is 0 Å². The summed E-state index contributed by atoms with van der Waals surface area (Å²) < 4.78 is 17.1. The third kappa shape index (κ3) is 5.07. The molecule has 0 saturated heterocycles. The highest BCUT2D eigenvalue weighted by atomic mass is 32.2. The van der Waals surface area contributed by atoms with Gasteiger partial charge in [0.25, 0.3) is 0 Å². The summed E-state index contributed by atoms with van der Waals surface area (Å²) in [4.78, 5) is 10.6. The predicted octanol–water partition coefficient (Wildman–Crippen LogP) is 1.99. The summed E-state index contributed by atoms with van der Waals surface area (Å²) in [6.45, 7) is 3.84. The van der Waals surface area contributed by atoms with Crippen LogP contribution in [0.3, 0.4) is 0 Å². The summed E-state index contributed by atoms with van der Waals surface area (Å²) in [5, 5.41) is 0. The van der Waals surface area contributed by atoms with E-state index in [0.717, 1.165) is 18.2 Å². The van der Waals surface area contributed by atoms with Gasteiger partial charge in [0.05, 0.1) is 6.61 Å². The molecule has 0 aromatic carbocycles. The first kappa shape index (κ1) is 10.8. The quantitative estimate of drug-likeness (QED) is 0.605. The smallest absolute Gasteiger partial charge is 0.351 e. The summed E-state index contributed by atoms with van der Waals surface area (Å²) >= 11 is 0.983. The van der Waals surface area contributed by atoms with Crippen molar-refractivity contribution in [1.82, 2.24) is 0 Å². The molecule has 0 radical (unpaired) electrons. The molecule has 0 aliphatic heterocycles. The van der Waals surface area contributed by atoms with Crippen molar-refractivity contribution >= 4 is 17.7 Å². The molecular formula is C7H13FO2S. The van der Waals surface area contributed by atoms with Crippen molar-refractivity contribution in [2.45, 2.75) is 25.8 Å². The van der Waals surface area contributed by atoms with Gasteiger partial charge >= 0.3 is 5.97 Å². The average Bonchev–Trinajstić information content (AvgIpc) is 2.00. The van der Waals surface area contributed by atoms with E-state index in [2.05, 4.69) is 4.74 Å². The van der Waals surface area contributed by atoms with E-state index in [1.165, 1.54) is 0 Å². The Morgan fingerprint density at radius 3 is 2.73 bits per heavy atom. The van der Waals surface area contributed by atoms with Crippen LogP contribution in [-0.2, 0) is 9.53 Å². The van der Waals surface area contributed by atoms with Crippen molar-refractivity contribution in [2.24, 2.45) is 0 Å². The van der Waals surface area contributed by atoms with Crippen molar-refractivity contribution in [3.8, 4) is 0 Å². The number of halogens is 1. The van der Waals surface area contributed by atoms with Gasteiger partial charge in [-0.1, -0.05) is 6.92 Å². The summed E-state index contributed by atoms with van der Waals surface area (Å²) in [5.74, 6) is -0.106. The molecule has 4 heteroatoms. The standard InChI is InChI=1S/C7H13FO2S/c1-3-5-11-6(8)7(9)10-4-2/h6H,3-5H2,1-2H3. The van der Waals surface area contributed by atoms with Crippen LogP contribution in [0.4, 0.5) is 4.39 Å². The Bertz CT molecular complexity index is 119. The molecule has 0 N–H and O–H groups in total. The first-order chi connectivity index (χ1) is 5.22. The normalized spacial score (nSPS) is 12.6. The van der Waals surface area contributed by atoms with Crippen molar-refractivity contribution in [1.29, 1.82) is 0 Å². The number of carbonyl (C=O) groups is 1. The molecule has 0 heterocycles. The molecule has 1 atom stereocenters. The fourth-order valence-corrected chi connectivity index (χ4v) is 1.14. The summed E-state index contributed by atoms with van der Waals surface area (Å²) in [7, 11) is 0. The Morgan fingerprint density at radius 1 is 1.64 bits per heavy atom. The molecule has 0 fully saturated rings. The topological polar surface area (TPSA) is 26.3 Å². The molecule has 0 aromatic rings. The number of carbonyl (C=O) groups excluding carboxylic acids is 1. The molecule has 0 rings (SSSR count). The van der Waals surface area contributed by atoms with E-state index in [1.54, 1.807) is 6.92 Å². The Hall–Kier alpha value is -0.250. The second kappa shape index (κ2) is 6.46. The van der Waals surface area contributed by atoms with Gasteiger partial charge < -0.3 is 4.74 Å². The van der Waals surface area contributed by atoms with Crippen LogP contribution in [-0.4, -0.2) is 23.8 Å². The molecule has 0 aliphatic carbocycles. The molecule has 0 aromatic heterocycles. The highest BCUT2D eigenvalue weighted by Crippen LogP contribution is 2.14. The molecular weight excluding hydrogens is 167 g/mol. The second-order valence-corrected chi connectivity index (χ2v) is 3.09. The average molecular weight is 180 g/mol. The van der Waals surface area contributed by atoms with Crippen molar-refractivity contribution in [3.63, 3.8) is 0 Å². The molecule has 0 saturated carbocycles. The van der Waals surface area contributed by atoms with Crippen LogP contribution in [0.5, 0.6) is 0 Å². The van der Waals surface area contributed by atoms with E-state index in [-0.39, 0.29) is 6.61 Å². The first-order valence-electron chi connectivity index (χ1n) is 3.64. The van der Waals surface area contributed by atoms with Crippen LogP contribution in [0.15, 0.2) is 0 Å². The van der Waals surface area contributed by atoms with E-state index in [4.69, 9.17) is 0 Å². The minimum atomic E-state index is -1.50. The lowest BCUT2D eigenvalue weighted by Gasteiger charge is -2.05. The van der Waals surface area contributed by atoms with Crippen LogP contribution in [0.1, 0.15) is 20.3 Å². The fourth-order valence-electron chi connectivity index (χ4n) is 0.497. The SMILES string of the molecule is CCCSC(F)C(=O)OCC. The third-order valence-electron chi connectivity index (χ3n) is 0.940. The van der Waals surface area contributed by atoms with E-state index < -0.39 is 11.5 Å². The van der Waals surface area contributed by atoms with Gasteiger partial charge in [0, 0.05) is 0 Å². The number of ether oxygens (including phenoxy) is 1. The first-order valence-corrected chi connectivity index (χ1v) is 4.69. The molecule has 0 aliphatic rings. The lowest BCUT2D eigenvalue weighted by Crippen LogP contribution is -2.15. The Labute approximate surface area is 70.5 Å². The zero-order valence-electron chi connectivity index (χ0n) is 6.80. The van der Waals surface area contributed by atoms with E-state index in [9.17, 15) is 9.18 Å². The number of hydrogen-bond donors (Lipinski definition) is 0. The number of thioether (sulfide) groups is 1. The van der Waals surface area contributed by atoms with Gasteiger partial charge in [-0.25, -0.2) is 9.18 Å². The summed E-state index contributed by atoms with van der Waals surface area (Å²) in [6, 6.07) is 0. The highest BCUT2D eigenvalue weighted by molar-refractivity contribution is 8.00. The van der Waals surface area contributed by atoms with E-state index in [1.807, 2.05) is 6.92 Å². The molecule has 1 unspecified atom stereocenters. The number of hydrogen-bond acceptors (Lipinski definition) is 3. The Balaban J connectivity index is 3.46. The predicted molar refractivity (Wildman–Crippen MR) is 44.3 cm³/mol. The lowest BCUT2D eigenvalue weighted by atomic mass is 10.6. The largest absolute Gasteiger partial charge is 0.463 e. The van der Waals surface area contributed by atoms with Gasteiger partial charge in [0.1, 0.15) is 0 Å². The van der Waals surface area contributed by atoms with Crippen molar-refractivity contribution < 1.29 is 13.9 Å². The minimum Gasteiger partial charge on any atom is -0.463 e. The molecule has 0 spiro atoms. The van der Waals surface area contributed by atoms with Gasteiger partial charge in [-0.2, -0.15) is 0 Å². The van der Waals surface area contributed by atoms with Crippen LogP contribution >= 0.6 is 11.8 Å². The molecule has 66 valence electrons. The van der Waals surface area contributed by atoms with Gasteiger partial charge in [0.2, 0.25) is 5.50 Å². The van der Waals surface area contributed by atoms with Gasteiger partial charge in [-0.15, -0.1) is 11.8 Å². The summed E-state index contributed by atoms with van der Waals surface area (Å²) in [6.07, 6.45) is 0.866. The number of esters is 1. The highest BCUT2D eigenvalue weighted by Gasteiger charge is 2.17. The van der Waals surface area contributed by atoms with Gasteiger partial charge in [-0.05, 0) is 19.1 Å². The Morgan fingerprint density at radius 2 is 2.27 bits per heavy atom. The zero-order chi connectivity index (χ0) is 8.69. The van der Waals surface area contributed by atoms with Crippen LogP contribution < -0.4 is 0 Å². The van der Waals surface area contributed by atoms with Crippen LogP contribution in [0.25, 0.3) is 0 Å². The van der Waals surface area contributed by atoms with Gasteiger partial charge in [-0.3, -0.25) is 0 Å². The monoisotopic (exact) mass is 180 g/mol. The molecule has 0 amide bonds. The minimum absolute atomic E-state index is 0.242. The second-order valence-electron chi connectivity index (χ2n) is 1.94. The third-order valence-corrected chi connectivity index (χ3v) is 2.07. The zero-order valence-corrected chi connectivity index (χ0v) is 7.62. The maximum absolute atomic E-state index is 12.7. The maximum atomic E-state index is 12.7. The summed E-state index contributed by atoms with van der Waals surface area (Å²) in [5.41, 5.74) is -1.50. The van der Waals surface area contributed by atoms with E-state index in [0.29, 0.717) is 5.75 Å².